The molecule has 0 atom stereocenters. The molecule has 0 N–H and O–H groups in total. The summed E-state index contributed by atoms with van der Waals surface area (Å²) in [5.41, 5.74) is 2.87. The lowest BCUT2D eigenvalue weighted by atomic mass is 9.87. The van der Waals surface area contributed by atoms with Crippen LogP contribution < -0.4 is 9.64 Å². The van der Waals surface area contributed by atoms with Gasteiger partial charge in [0.15, 0.2) is 0 Å². The zero-order chi connectivity index (χ0) is 21.4. The van der Waals surface area contributed by atoms with Gasteiger partial charge in [0.05, 0.1) is 25.5 Å². The molecule has 1 saturated heterocycles. The fourth-order valence-corrected chi connectivity index (χ4v) is 4.08. The van der Waals surface area contributed by atoms with E-state index in [2.05, 4.69) is 32.9 Å². The Morgan fingerprint density at radius 3 is 2.47 bits per heavy atom. The lowest BCUT2D eigenvalue weighted by Gasteiger charge is -2.32. The highest BCUT2D eigenvalue weighted by Gasteiger charge is 2.54. The van der Waals surface area contributed by atoms with Crippen LogP contribution in [-0.4, -0.2) is 32.3 Å². The summed E-state index contributed by atoms with van der Waals surface area (Å²) in [6, 6.07) is 13.6. The molecule has 2 aliphatic heterocycles. The predicted molar refractivity (Wildman–Crippen MR) is 117 cm³/mol. The van der Waals surface area contributed by atoms with Crippen LogP contribution in [-0.2, 0) is 25.5 Å². The molecule has 4 rings (SSSR count). The lowest BCUT2D eigenvalue weighted by molar-refractivity contribution is -0.256. The normalized spacial score (nSPS) is 18.0. The van der Waals surface area contributed by atoms with E-state index in [-0.39, 0.29) is 11.3 Å². The number of ether oxygens (including phenoxy) is 3. The molecular formula is C24H28ClNO4. The van der Waals surface area contributed by atoms with Gasteiger partial charge in [-0.25, -0.2) is 0 Å². The fraction of sp³-hybridized carbons (Fsp3) is 0.458. The van der Waals surface area contributed by atoms with E-state index in [1.54, 1.807) is 17.0 Å². The Morgan fingerprint density at radius 2 is 1.80 bits per heavy atom. The third kappa shape index (κ3) is 3.94. The zero-order valence-corrected chi connectivity index (χ0v) is 18.5. The Bertz CT molecular complexity index is 914. The van der Waals surface area contributed by atoms with Crippen molar-refractivity contribution in [3.8, 4) is 5.75 Å². The van der Waals surface area contributed by atoms with Crippen LogP contribution in [0, 0.1) is 0 Å². The number of halogens is 1. The number of anilines is 1. The van der Waals surface area contributed by atoms with E-state index in [1.807, 2.05) is 18.2 Å². The van der Waals surface area contributed by atoms with Gasteiger partial charge in [0.1, 0.15) is 5.75 Å². The molecular weight excluding hydrogens is 402 g/mol. The summed E-state index contributed by atoms with van der Waals surface area (Å²) in [5, 5.41) is 0.558. The molecule has 0 bridgehead atoms. The van der Waals surface area contributed by atoms with Gasteiger partial charge in [0.2, 0.25) is 0 Å². The number of amides is 1. The van der Waals surface area contributed by atoms with Crippen molar-refractivity contribution in [3.63, 3.8) is 0 Å². The van der Waals surface area contributed by atoms with E-state index < -0.39 is 5.79 Å². The Balaban J connectivity index is 1.41. The van der Waals surface area contributed by atoms with Crippen LogP contribution in [0.15, 0.2) is 42.5 Å². The Kier molecular flexibility index (Phi) is 5.80. The molecule has 0 aromatic heterocycles. The second-order valence-electron chi connectivity index (χ2n) is 8.76. The standard InChI is InChI=1S/C24H28ClNO4/c1-23(2,3)17-6-9-19(10-7-17)28-13-4-12-26-21-11-8-18(25)16-20(21)24(22(26)27)29-14-5-15-30-24/h6-11,16H,4-5,12-15H2,1-3H3. The number of hydrogen-bond donors (Lipinski definition) is 0. The molecule has 2 aliphatic rings. The molecule has 1 fully saturated rings. The van der Waals surface area contributed by atoms with Crippen LogP contribution in [0.4, 0.5) is 5.69 Å². The summed E-state index contributed by atoms with van der Waals surface area (Å²) in [6.45, 7) is 8.56. The van der Waals surface area contributed by atoms with Crippen molar-refractivity contribution < 1.29 is 19.0 Å². The van der Waals surface area contributed by atoms with Gasteiger partial charge in [-0.1, -0.05) is 44.5 Å². The largest absolute Gasteiger partial charge is 0.494 e. The van der Waals surface area contributed by atoms with Crippen molar-refractivity contribution >= 4 is 23.2 Å². The first-order chi connectivity index (χ1) is 14.3. The number of rotatable bonds is 5. The summed E-state index contributed by atoms with van der Waals surface area (Å²) in [5.74, 6) is -0.713. The quantitative estimate of drug-likeness (QED) is 0.624. The summed E-state index contributed by atoms with van der Waals surface area (Å²) in [7, 11) is 0. The molecule has 0 aliphatic carbocycles. The summed E-state index contributed by atoms with van der Waals surface area (Å²) < 4.78 is 17.6. The smallest absolute Gasteiger partial charge is 0.292 e. The molecule has 2 heterocycles. The molecule has 0 radical (unpaired) electrons. The molecule has 0 unspecified atom stereocenters. The first-order valence-electron chi connectivity index (χ1n) is 10.4. The predicted octanol–water partition coefficient (Wildman–Crippen LogP) is 5.04. The molecule has 2 aromatic rings. The van der Waals surface area contributed by atoms with E-state index in [0.717, 1.165) is 17.9 Å². The monoisotopic (exact) mass is 429 g/mol. The first kappa shape index (κ1) is 21.2. The van der Waals surface area contributed by atoms with Crippen molar-refractivity contribution in [1.29, 1.82) is 0 Å². The summed E-state index contributed by atoms with van der Waals surface area (Å²) >= 11 is 6.19. The number of benzene rings is 2. The molecule has 30 heavy (non-hydrogen) atoms. The summed E-state index contributed by atoms with van der Waals surface area (Å²) in [6.07, 6.45) is 1.46. The Labute approximate surface area is 182 Å². The Morgan fingerprint density at radius 1 is 1.10 bits per heavy atom. The highest BCUT2D eigenvalue weighted by Crippen LogP contribution is 2.46. The average molecular weight is 430 g/mol. The van der Waals surface area contributed by atoms with Gasteiger partial charge in [-0.2, -0.15) is 0 Å². The number of fused-ring (bicyclic) bond motifs is 2. The van der Waals surface area contributed by atoms with Crippen LogP contribution in [0.5, 0.6) is 5.75 Å². The highest BCUT2D eigenvalue weighted by atomic mass is 35.5. The van der Waals surface area contributed by atoms with E-state index in [4.69, 9.17) is 25.8 Å². The van der Waals surface area contributed by atoms with Gasteiger partial charge >= 0.3 is 0 Å². The zero-order valence-electron chi connectivity index (χ0n) is 17.7. The van der Waals surface area contributed by atoms with Crippen molar-refractivity contribution in [2.24, 2.45) is 0 Å². The average Bonchev–Trinajstić information content (AvgIpc) is 2.93. The molecule has 2 aromatic carbocycles. The third-order valence-electron chi connectivity index (χ3n) is 5.55. The van der Waals surface area contributed by atoms with Crippen molar-refractivity contribution in [2.75, 3.05) is 31.3 Å². The van der Waals surface area contributed by atoms with Crippen molar-refractivity contribution in [1.82, 2.24) is 0 Å². The maximum absolute atomic E-state index is 13.2. The molecule has 1 amide bonds. The number of hydrogen-bond acceptors (Lipinski definition) is 4. The van der Waals surface area contributed by atoms with Crippen molar-refractivity contribution in [3.05, 3.63) is 58.6 Å². The van der Waals surface area contributed by atoms with E-state index >= 15 is 0 Å². The van der Waals surface area contributed by atoms with Gasteiger partial charge in [-0.15, -0.1) is 0 Å². The minimum atomic E-state index is -1.36. The summed E-state index contributed by atoms with van der Waals surface area (Å²) in [4.78, 5) is 15.0. The third-order valence-corrected chi connectivity index (χ3v) is 5.78. The maximum atomic E-state index is 13.2. The minimum absolute atomic E-state index is 0.115. The minimum Gasteiger partial charge on any atom is -0.494 e. The van der Waals surface area contributed by atoms with Gasteiger partial charge in [-0.3, -0.25) is 4.79 Å². The second-order valence-corrected chi connectivity index (χ2v) is 9.20. The number of carbonyl (C=O) groups is 1. The van der Waals surface area contributed by atoms with Gasteiger partial charge < -0.3 is 19.1 Å². The van der Waals surface area contributed by atoms with Gasteiger partial charge in [0.25, 0.3) is 11.7 Å². The van der Waals surface area contributed by atoms with Crippen LogP contribution in [0.3, 0.4) is 0 Å². The molecule has 0 saturated carbocycles. The second kappa shape index (κ2) is 8.22. The first-order valence-corrected chi connectivity index (χ1v) is 10.8. The molecule has 1 spiro atoms. The SMILES string of the molecule is CC(C)(C)c1ccc(OCCCN2C(=O)C3(OCCCO3)c3cc(Cl)ccc32)cc1. The van der Waals surface area contributed by atoms with Crippen LogP contribution in [0.25, 0.3) is 0 Å². The molecule has 160 valence electrons. The van der Waals surface area contributed by atoms with E-state index in [9.17, 15) is 4.79 Å². The maximum Gasteiger partial charge on any atom is 0.292 e. The van der Waals surface area contributed by atoms with Crippen LogP contribution >= 0.6 is 11.6 Å². The lowest BCUT2D eigenvalue weighted by Crippen LogP contribution is -2.47. The number of nitrogens with zero attached hydrogens (tertiary/aromatic N) is 1. The van der Waals surface area contributed by atoms with E-state index in [0.29, 0.717) is 43.4 Å². The van der Waals surface area contributed by atoms with Crippen LogP contribution in [0.1, 0.15) is 44.7 Å². The van der Waals surface area contributed by atoms with Crippen molar-refractivity contribution in [2.45, 2.75) is 44.8 Å². The fourth-order valence-electron chi connectivity index (χ4n) is 3.91. The molecule has 5 nitrogen and oxygen atoms in total. The van der Waals surface area contributed by atoms with Gasteiger partial charge in [-0.05, 0) is 54.2 Å². The molecule has 6 heteroatoms. The van der Waals surface area contributed by atoms with Gasteiger partial charge in [0, 0.05) is 17.1 Å². The topological polar surface area (TPSA) is 48.0 Å². The number of carbonyl (C=O) groups excluding carboxylic acids is 1. The van der Waals surface area contributed by atoms with Crippen LogP contribution in [0.2, 0.25) is 5.02 Å². The Hall–Kier alpha value is -2.08. The highest BCUT2D eigenvalue weighted by molar-refractivity contribution is 6.31. The van der Waals surface area contributed by atoms with E-state index in [1.165, 1.54) is 5.56 Å².